The number of imide groups is 1. The average Bonchev–Trinajstić information content (AvgIpc) is 2.41. The highest BCUT2D eigenvalue weighted by Crippen LogP contribution is 2.26. The van der Waals surface area contributed by atoms with Gasteiger partial charge in [0, 0.05) is 5.69 Å². The highest BCUT2D eigenvalue weighted by molar-refractivity contribution is 8.02. The molecule has 1 saturated heterocycles. The summed E-state index contributed by atoms with van der Waals surface area (Å²) in [6.07, 6.45) is 0. The quantitative estimate of drug-likeness (QED) is 0.865. The minimum absolute atomic E-state index is 0.235. The molecule has 0 aliphatic carbocycles. The topological polar surface area (TPSA) is 66.5 Å². The first-order valence-electron chi connectivity index (χ1n) is 6.75. The Hall–Kier alpha value is -1.82. The molecule has 6 heteroatoms. The van der Waals surface area contributed by atoms with Gasteiger partial charge in [0.25, 0.3) is 0 Å². The van der Waals surface area contributed by atoms with Gasteiger partial charge in [-0.25, -0.2) is 0 Å². The lowest BCUT2D eigenvalue weighted by molar-refractivity contribution is -0.147. The minimum atomic E-state index is -0.367. The smallest absolute Gasteiger partial charge is 0.244 e. The molecule has 1 heterocycles. The number of benzene rings is 1. The molecule has 2 rings (SSSR count). The van der Waals surface area contributed by atoms with Gasteiger partial charge < -0.3 is 5.32 Å². The lowest BCUT2D eigenvalue weighted by Gasteiger charge is -2.31. The van der Waals surface area contributed by atoms with E-state index in [2.05, 4.69) is 5.32 Å². The number of carbonyl (C=O) groups excluding carboxylic acids is 3. The summed E-state index contributed by atoms with van der Waals surface area (Å²) in [5, 5.41) is 2.11. The van der Waals surface area contributed by atoms with E-state index in [-0.39, 0.29) is 34.8 Å². The second-order valence-electron chi connectivity index (χ2n) is 5.10. The predicted octanol–water partition coefficient (Wildman–Crippen LogP) is 1.81. The first-order chi connectivity index (χ1) is 9.88. The second-order valence-corrected chi connectivity index (χ2v) is 6.79. The standard InChI is InChI=1S/C15H18N2O3S/c1-9-5-4-6-12(7-9)16-13(18)8-17-14(19)10(2)21-11(3)15(17)20/h4-7,10-11H,8H2,1-3H3,(H,16,18)/t10-,11-/m1/s1. The van der Waals surface area contributed by atoms with Crippen LogP contribution in [-0.2, 0) is 14.4 Å². The van der Waals surface area contributed by atoms with Crippen LogP contribution < -0.4 is 5.32 Å². The third-order valence-electron chi connectivity index (χ3n) is 3.24. The molecule has 1 N–H and O–H groups in total. The van der Waals surface area contributed by atoms with E-state index in [1.54, 1.807) is 19.9 Å². The molecule has 1 aliphatic rings. The van der Waals surface area contributed by atoms with Crippen molar-refractivity contribution in [2.75, 3.05) is 11.9 Å². The molecule has 1 aromatic carbocycles. The molecule has 0 radical (unpaired) electrons. The number of nitrogens with zero attached hydrogens (tertiary/aromatic N) is 1. The van der Waals surface area contributed by atoms with Gasteiger partial charge in [-0.05, 0) is 38.5 Å². The van der Waals surface area contributed by atoms with E-state index < -0.39 is 0 Å². The zero-order valence-corrected chi connectivity index (χ0v) is 13.1. The number of thioether (sulfide) groups is 1. The SMILES string of the molecule is Cc1cccc(NC(=O)CN2C(=O)[C@@H](C)S[C@H](C)C2=O)c1. The molecule has 2 atom stereocenters. The Morgan fingerprint density at radius 1 is 1.24 bits per heavy atom. The molecule has 0 bridgehead atoms. The van der Waals surface area contributed by atoms with Crippen molar-refractivity contribution in [3.63, 3.8) is 0 Å². The zero-order valence-electron chi connectivity index (χ0n) is 12.3. The van der Waals surface area contributed by atoms with Gasteiger partial charge in [0.2, 0.25) is 17.7 Å². The summed E-state index contributed by atoms with van der Waals surface area (Å²) in [5.74, 6) is -0.974. The number of hydrogen-bond donors (Lipinski definition) is 1. The summed E-state index contributed by atoms with van der Waals surface area (Å²) >= 11 is 1.32. The van der Waals surface area contributed by atoms with Crippen molar-refractivity contribution in [1.29, 1.82) is 0 Å². The largest absolute Gasteiger partial charge is 0.325 e. The number of hydrogen-bond acceptors (Lipinski definition) is 4. The van der Waals surface area contributed by atoms with Gasteiger partial charge in [0.05, 0.1) is 10.5 Å². The van der Waals surface area contributed by atoms with Crippen LogP contribution in [0.5, 0.6) is 0 Å². The van der Waals surface area contributed by atoms with Gasteiger partial charge >= 0.3 is 0 Å². The summed E-state index contributed by atoms with van der Waals surface area (Å²) in [6.45, 7) is 5.19. The molecule has 0 saturated carbocycles. The van der Waals surface area contributed by atoms with Gasteiger partial charge in [-0.3, -0.25) is 19.3 Å². The Balaban J connectivity index is 2.04. The van der Waals surface area contributed by atoms with Crippen molar-refractivity contribution in [3.8, 4) is 0 Å². The number of rotatable bonds is 3. The van der Waals surface area contributed by atoms with Crippen LogP contribution in [-0.4, -0.2) is 39.7 Å². The normalized spacial score (nSPS) is 22.3. The van der Waals surface area contributed by atoms with Crippen LogP contribution in [0, 0.1) is 6.92 Å². The van der Waals surface area contributed by atoms with E-state index in [1.165, 1.54) is 11.8 Å². The molecule has 112 valence electrons. The van der Waals surface area contributed by atoms with Crippen molar-refractivity contribution in [1.82, 2.24) is 4.90 Å². The molecular weight excluding hydrogens is 288 g/mol. The fraction of sp³-hybridized carbons (Fsp3) is 0.400. The van der Waals surface area contributed by atoms with E-state index in [0.717, 1.165) is 10.5 Å². The van der Waals surface area contributed by atoms with Gasteiger partial charge in [-0.2, -0.15) is 0 Å². The van der Waals surface area contributed by atoms with Crippen molar-refractivity contribution < 1.29 is 14.4 Å². The highest BCUT2D eigenvalue weighted by atomic mass is 32.2. The maximum Gasteiger partial charge on any atom is 0.244 e. The van der Waals surface area contributed by atoms with Crippen molar-refractivity contribution in [2.24, 2.45) is 0 Å². The van der Waals surface area contributed by atoms with Crippen LogP contribution in [0.1, 0.15) is 19.4 Å². The van der Waals surface area contributed by atoms with E-state index in [1.807, 2.05) is 25.1 Å². The van der Waals surface area contributed by atoms with Crippen LogP contribution in [0.4, 0.5) is 5.69 Å². The van der Waals surface area contributed by atoms with Gasteiger partial charge in [0.15, 0.2) is 0 Å². The van der Waals surface area contributed by atoms with Gasteiger partial charge in [0.1, 0.15) is 6.54 Å². The molecular formula is C15H18N2O3S. The molecule has 1 aromatic rings. The summed E-state index contributed by atoms with van der Waals surface area (Å²) in [5.41, 5.74) is 1.68. The molecule has 3 amide bonds. The van der Waals surface area contributed by atoms with Crippen LogP contribution in [0.2, 0.25) is 0 Å². The van der Waals surface area contributed by atoms with E-state index in [4.69, 9.17) is 0 Å². The van der Waals surface area contributed by atoms with Gasteiger partial charge in [-0.15, -0.1) is 11.8 Å². The first kappa shape index (κ1) is 15.6. The third-order valence-corrected chi connectivity index (χ3v) is 4.46. The second kappa shape index (κ2) is 6.30. The molecule has 5 nitrogen and oxygen atoms in total. The molecule has 0 unspecified atom stereocenters. The zero-order chi connectivity index (χ0) is 15.6. The van der Waals surface area contributed by atoms with E-state index >= 15 is 0 Å². The Morgan fingerprint density at radius 3 is 2.43 bits per heavy atom. The number of anilines is 1. The molecule has 0 spiro atoms. The van der Waals surface area contributed by atoms with E-state index in [9.17, 15) is 14.4 Å². The van der Waals surface area contributed by atoms with Crippen LogP contribution in [0.3, 0.4) is 0 Å². The van der Waals surface area contributed by atoms with Crippen molar-refractivity contribution >= 4 is 35.2 Å². The Morgan fingerprint density at radius 2 is 1.86 bits per heavy atom. The minimum Gasteiger partial charge on any atom is -0.325 e. The number of nitrogens with one attached hydrogen (secondary N) is 1. The van der Waals surface area contributed by atoms with E-state index in [0.29, 0.717) is 5.69 Å². The fourth-order valence-electron chi connectivity index (χ4n) is 2.19. The van der Waals surface area contributed by atoms with Gasteiger partial charge in [-0.1, -0.05) is 12.1 Å². The lowest BCUT2D eigenvalue weighted by atomic mass is 10.2. The molecule has 1 aliphatic heterocycles. The highest BCUT2D eigenvalue weighted by Gasteiger charge is 2.37. The van der Waals surface area contributed by atoms with Crippen molar-refractivity contribution in [3.05, 3.63) is 29.8 Å². The molecule has 21 heavy (non-hydrogen) atoms. The van der Waals surface area contributed by atoms with Crippen LogP contribution in [0.15, 0.2) is 24.3 Å². The first-order valence-corrected chi connectivity index (χ1v) is 7.70. The monoisotopic (exact) mass is 306 g/mol. The van der Waals surface area contributed by atoms with Crippen LogP contribution >= 0.6 is 11.8 Å². The number of amides is 3. The Labute approximate surface area is 128 Å². The average molecular weight is 306 g/mol. The van der Waals surface area contributed by atoms with Crippen molar-refractivity contribution in [2.45, 2.75) is 31.3 Å². The lowest BCUT2D eigenvalue weighted by Crippen LogP contribution is -2.52. The third kappa shape index (κ3) is 3.64. The number of aryl methyl sites for hydroxylation is 1. The maximum absolute atomic E-state index is 12.0. The summed E-state index contributed by atoms with van der Waals surface area (Å²) in [7, 11) is 0. The predicted molar refractivity (Wildman–Crippen MR) is 83.0 cm³/mol. The summed E-state index contributed by atoms with van der Waals surface area (Å²) in [4.78, 5) is 37.1. The Kier molecular flexibility index (Phi) is 4.67. The Bertz CT molecular complexity index is 568. The summed E-state index contributed by atoms with van der Waals surface area (Å²) < 4.78 is 0. The molecule has 0 aromatic heterocycles. The summed E-state index contributed by atoms with van der Waals surface area (Å²) in [6, 6.07) is 7.36. The fourth-order valence-corrected chi connectivity index (χ4v) is 3.29. The van der Waals surface area contributed by atoms with Crippen LogP contribution in [0.25, 0.3) is 0 Å². The molecule has 1 fully saturated rings. The number of carbonyl (C=O) groups is 3. The maximum atomic E-state index is 12.0.